The van der Waals surface area contributed by atoms with Crippen LogP contribution >= 0.6 is 31.9 Å². The third-order valence-corrected chi connectivity index (χ3v) is 2.13. The molecule has 1 nitrogen and oxygen atoms in total. The third-order valence-electron chi connectivity index (χ3n) is 1.21. The van der Waals surface area contributed by atoms with E-state index in [0.717, 1.165) is 8.95 Å². The first-order valence-electron chi connectivity index (χ1n) is 3.45. The summed E-state index contributed by atoms with van der Waals surface area (Å²) in [4.78, 5) is 0. The van der Waals surface area contributed by atoms with Crippen molar-refractivity contribution in [2.24, 2.45) is 0 Å². The van der Waals surface area contributed by atoms with Gasteiger partial charge in [0, 0.05) is 8.95 Å². The van der Waals surface area contributed by atoms with Crippen LogP contribution in [0.5, 0.6) is 5.75 Å². The molecule has 0 atom stereocenters. The van der Waals surface area contributed by atoms with Gasteiger partial charge in [0.1, 0.15) is 12.4 Å². The highest BCUT2D eigenvalue weighted by molar-refractivity contribution is 9.11. The van der Waals surface area contributed by atoms with Crippen molar-refractivity contribution < 1.29 is 13.5 Å². The first kappa shape index (κ1) is 10.9. The Kier molecular flexibility index (Phi) is 4.12. The van der Waals surface area contributed by atoms with Gasteiger partial charge in [0.05, 0.1) is 0 Å². The predicted octanol–water partition coefficient (Wildman–Crippen LogP) is 3.86. The van der Waals surface area contributed by atoms with Crippen LogP contribution in [0.1, 0.15) is 0 Å². The van der Waals surface area contributed by atoms with E-state index >= 15 is 0 Å². The van der Waals surface area contributed by atoms with Crippen LogP contribution in [0.15, 0.2) is 27.1 Å². The second-order valence-electron chi connectivity index (χ2n) is 2.31. The molecule has 1 rings (SSSR count). The molecule has 0 aliphatic rings. The molecular formula is C8H6Br2F2O. The van der Waals surface area contributed by atoms with E-state index in [2.05, 4.69) is 31.9 Å². The van der Waals surface area contributed by atoms with Crippen molar-refractivity contribution in [3.05, 3.63) is 27.1 Å². The van der Waals surface area contributed by atoms with E-state index < -0.39 is 13.0 Å². The van der Waals surface area contributed by atoms with Crippen molar-refractivity contribution in [1.82, 2.24) is 0 Å². The fourth-order valence-corrected chi connectivity index (χ4v) is 2.02. The van der Waals surface area contributed by atoms with E-state index in [1.165, 1.54) is 0 Å². The molecule has 0 spiro atoms. The Balaban J connectivity index is 2.66. The Morgan fingerprint density at radius 2 is 1.69 bits per heavy atom. The second-order valence-corrected chi connectivity index (χ2v) is 4.14. The molecule has 0 heterocycles. The van der Waals surface area contributed by atoms with E-state index in [1.807, 2.05) is 0 Å². The summed E-state index contributed by atoms with van der Waals surface area (Å²) in [6, 6.07) is 5.06. The summed E-state index contributed by atoms with van der Waals surface area (Å²) in [5.41, 5.74) is 0. The summed E-state index contributed by atoms with van der Waals surface area (Å²) in [5, 5.41) is 0. The number of hydrogen-bond acceptors (Lipinski definition) is 1. The van der Waals surface area contributed by atoms with Gasteiger partial charge in [-0.2, -0.15) is 0 Å². The number of alkyl halides is 2. The fourth-order valence-electron chi connectivity index (χ4n) is 0.771. The van der Waals surface area contributed by atoms with E-state index in [9.17, 15) is 8.78 Å². The van der Waals surface area contributed by atoms with Crippen LogP contribution in [0.25, 0.3) is 0 Å². The first-order valence-corrected chi connectivity index (χ1v) is 5.03. The quantitative estimate of drug-likeness (QED) is 0.823. The Morgan fingerprint density at radius 3 is 2.15 bits per heavy atom. The zero-order valence-electron chi connectivity index (χ0n) is 6.44. The van der Waals surface area contributed by atoms with Gasteiger partial charge in [-0.1, -0.05) is 31.9 Å². The van der Waals surface area contributed by atoms with Crippen LogP contribution in [-0.4, -0.2) is 13.0 Å². The molecule has 0 saturated carbocycles. The van der Waals surface area contributed by atoms with Gasteiger partial charge in [-0.05, 0) is 18.2 Å². The molecule has 0 aliphatic carbocycles. The van der Waals surface area contributed by atoms with Crippen LogP contribution in [-0.2, 0) is 0 Å². The summed E-state index contributed by atoms with van der Waals surface area (Å²) in [6.45, 7) is -0.580. The summed E-state index contributed by atoms with van der Waals surface area (Å²) in [6.07, 6.45) is -2.45. The number of ether oxygens (including phenoxy) is 1. The van der Waals surface area contributed by atoms with E-state index in [1.54, 1.807) is 18.2 Å². The molecular weight excluding hydrogens is 310 g/mol. The lowest BCUT2D eigenvalue weighted by Crippen LogP contribution is -2.06. The van der Waals surface area contributed by atoms with Gasteiger partial charge in [-0.15, -0.1) is 0 Å². The van der Waals surface area contributed by atoms with Gasteiger partial charge in [0.25, 0.3) is 6.43 Å². The van der Waals surface area contributed by atoms with Crippen LogP contribution in [0, 0.1) is 0 Å². The van der Waals surface area contributed by atoms with Crippen molar-refractivity contribution in [3.8, 4) is 5.75 Å². The van der Waals surface area contributed by atoms with Crippen LogP contribution < -0.4 is 4.74 Å². The van der Waals surface area contributed by atoms with Crippen molar-refractivity contribution >= 4 is 31.9 Å². The van der Waals surface area contributed by atoms with Crippen LogP contribution in [0.4, 0.5) is 8.78 Å². The predicted molar refractivity (Wildman–Crippen MR) is 53.3 cm³/mol. The smallest absolute Gasteiger partial charge is 0.272 e. The molecule has 0 fully saturated rings. The fraction of sp³-hybridized carbons (Fsp3) is 0.250. The number of benzene rings is 1. The van der Waals surface area contributed by atoms with Gasteiger partial charge >= 0.3 is 0 Å². The second kappa shape index (κ2) is 4.91. The minimum atomic E-state index is -2.45. The summed E-state index contributed by atoms with van der Waals surface area (Å²) < 4.78 is 29.9. The molecule has 72 valence electrons. The Labute approximate surface area is 91.3 Å². The molecule has 0 aliphatic heterocycles. The summed E-state index contributed by atoms with van der Waals surface area (Å²) >= 11 is 6.44. The van der Waals surface area contributed by atoms with E-state index in [4.69, 9.17) is 4.74 Å². The van der Waals surface area contributed by atoms with Crippen molar-refractivity contribution in [1.29, 1.82) is 0 Å². The highest BCUT2D eigenvalue weighted by atomic mass is 79.9. The van der Waals surface area contributed by atoms with Crippen molar-refractivity contribution in [2.75, 3.05) is 6.61 Å². The summed E-state index contributed by atoms with van der Waals surface area (Å²) in [5.74, 6) is 0.418. The average molecular weight is 316 g/mol. The molecule has 5 heteroatoms. The van der Waals surface area contributed by atoms with Gasteiger partial charge in [-0.25, -0.2) is 8.78 Å². The minimum absolute atomic E-state index is 0.418. The molecule has 0 radical (unpaired) electrons. The Morgan fingerprint density at radius 1 is 1.15 bits per heavy atom. The first-order chi connectivity index (χ1) is 6.08. The molecule has 0 N–H and O–H groups in total. The third kappa shape index (κ3) is 4.04. The van der Waals surface area contributed by atoms with Crippen LogP contribution in [0.2, 0.25) is 0 Å². The van der Waals surface area contributed by atoms with Crippen LogP contribution in [0.3, 0.4) is 0 Å². The number of hydrogen-bond donors (Lipinski definition) is 0. The summed E-state index contributed by atoms with van der Waals surface area (Å²) in [7, 11) is 0. The highest BCUT2D eigenvalue weighted by Gasteiger charge is 2.04. The molecule has 0 unspecified atom stereocenters. The lowest BCUT2D eigenvalue weighted by atomic mass is 10.3. The topological polar surface area (TPSA) is 9.23 Å². The minimum Gasteiger partial charge on any atom is -0.488 e. The molecule has 0 bridgehead atoms. The molecule has 13 heavy (non-hydrogen) atoms. The Bertz CT molecular complexity index is 271. The maximum atomic E-state index is 11.8. The highest BCUT2D eigenvalue weighted by Crippen LogP contribution is 2.25. The molecule has 0 aromatic heterocycles. The number of halogens is 4. The standard InChI is InChI=1S/C8H6Br2F2O/c9-5-1-6(10)3-7(2-5)13-4-8(11)12/h1-3,8H,4H2. The molecule has 0 saturated heterocycles. The van der Waals surface area contributed by atoms with E-state index in [0.29, 0.717) is 5.75 Å². The maximum Gasteiger partial charge on any atom is 0.272 e. The molecule has 1 aromatic rings. The van der Waals surface area contributed by atoms with Crippen molar-refractivity contribution in [2.45, 2.75) is 6.43 Å². The average Bonchev–Trinajstić information content (AvgIpc) is 1.99. The number of rotatable bonds is 3. The monoisotopic (exact) mass is 314 g/mol. The Hall–Kier alpha value is -0.160. The lowest BCUT2D eigenvalue weighted by molar-refractivity contribution is 0.0818. The molecule has 1 aromatic carbocycles. The van der Waals surface area contributed by atoms with Gasteiger partial charge in [0.15, 0.2) is 0 Å². The van der Waals surface area contributed by atoms with Gasteiger partial charge in [-0.3, -0.25) is 0 Å². The van der Waals surface area contributed by atoms with Crippen molar-refractivity contribution in [3.63, 3.8) is 0 Å². The zero-order valence-corrected chi connectivity index (χ0v) is 9.61. The molecule has 0 amide bonds. The maximum absolute atomic E-state index is 11.8. The zero-order chi connectivity index (χ0) is 9.84. The normalized spacial score (nSPS) is 10.5. The SMILES string of the molecule is FC(F)COc1cc(Br)cc(Br)c1. The van der Waals surface area contributed by atoms with E-state index in [-0.39, 0.29) is 0 Å². The van der Waals surface area contributed by atoms with Gasteiger partial charge in [0.2, 0.25) is 0 Å². The largest absolute Gasteiger partial charge is 0.488 e. The van der Waals surface area contributed by atoms with Gasteiger partial charge < -0.3 is 4.74 Å². The lowest BCUT2D eigenvalue weighted by Gasteiger charge is -2.05.